The van der Waals surface area contributed by atoms with E-state index in [0.29, 0.717) is 17.3 Å². The van der Waals surface area contributed by atoms with Crippen LogP contribution in [-0.2, 0) is 5.41 Å². The zero-order valence-electron chi connectivity index (χ0n) is 11.0. The quantitative estimate of drug-likeness (QED) is 0.938. The number of carbonyl (C=O) groups is 1. The van der Waals surface area contributed by atoms with Crippen molar-refractivity contribution in [2.45, 2.75) is 18.3 Å². The predicted molar refractivity (Wildman–Crippen MR) is 78.9 cm³/mol. The minimum Gasteiger partial charge on any atom is -0.350 e. The van der Waals surface area contributed by atoms with Crippen LogP contribution < -0.4 is 5.32 Å². The lowest BCUT2D eigenvalue weighted by molar-refractivity contribution is 0.0944. The molecule has 20 heavy (non-hydrogen) atoms. The summed E-state index contributed by atoms with van der Waals surface area (Å²) in [6, 6.07) is 13.6. The number of rotatable bonds is 4. The molecule has 0 aliphatic heterocycles. The zero-order valence-corrected chi connectivity index (χ0v) is 11.7. The Morgan fingerprint density at radius 3 is 2.65 bits per heavy atom. The van der Waals surface area contributed by atoms with Crippen LogP contribution in [0.4, 0.5) is 0 Å². The van der Waals surface area contributed by atoms with E-state index in [2.05, 4.69) is 22.4 Å². The van der Waals surface area contributed by atoms with E-state index < -0.39 is 0 Å². The molecule has 2 aromatic rings. The summed E-state index contributed by atoms with van der Waals surface area (Å²) in [5.74, 6) is -0.172. The maximum atomic E-state index is 12.1. The summed E-state index contributed by atoms with van der Waals surface area (Å²) in [7, 11) is 0. The molecule has 1 aliphatic carbocycles. The van der Waals surface area contributed by atoms with Gasteiger partial charge in [0.1, 0.15) is 5.69 Å². The predicted octanol–water partition coefficient (Wildman–Crippen LogP) is 3.20. The summed E-state index contributed by atoms with van der Waals surface area (Å²) in [5.41, 5.74) is 1.76. The normalized spacial score (nSPS) is 15.7. The van der Waals surface area contributed by atoms with Crippen LogP contribution in [0.5, 0.6) is 0 Å². The first-order valence-corrected chi connectivity index (χ1v) is 7.03. The minimum atomic E-state index is -0.172. The van der Waals surface area contributed by atoms with E-state index in [1.54, 1.807) is 18.3 Å². The summed E-state index contributed by atoms with van der Waals surface area (Å²) in [5, 5.41) is 3.49. The SMILES string of the molecule is O=C(NCC1(c2ccccc2)CC1)c1cc(Cl)ccn1. The fraction of sp³-hybridized carbons (Fsp3) is 0.250. The smallest absolute Gasteiger partial charge is 0.269 e. The van der Waals surface area contributed by atoms with Gasteiger partial charge in [-0.2, -0.15) is 0 Å². The zero-order chi connectivity index (χ0) is 14.0. The summed E-state index contributed by atoms with van der Waals surface area (Å²) < 4.78 is 0. The van der Waals surface area contributed by atoms with Crippen LogP contribution in [0.2, 0.25) is 5.02 Å². The van der Waals surface area contributed by atoms with Crippen molar-refractivity contribution in [3.8, 4) is 0 Å². The topological polar surface area (TPSA) is 42.0 Å². The number of hydrogen-bond donors (Lipinski definition) is 1. The van der Waals surface area contributed by atoms with E-state index in [4.69, 9.17) is 11.6 Å². The van der Waals surface area contributed by atoms with E-state index in [1.807, 2.05) is 18.2 Å². The number of amides is 1. The first-order chi connectivity index (χ1) is 9.70. The van der Waals surface area contributed by atoms with Gasteiger partial charge in [0.2, 0.25) is 0 Å². The van der Waals surface area contributed by atoms with Crippen LogP contribution in [0.3, 0.4) is 0 Å². The average molecular weight is 287 g/mol. The molecule has 102 valence electrons. The second-order valence-corrected chi connectivity index (χ2v) is 5.62. The monoisotopic (exact) mass is 286 g/mol. The van der Waals surface area contributed by atoms with Crippen LogP contribution in [0.1, 0.15) is 28.9 Å². The van der Waals surface area contributed by atoms with Crippen LogP contribution in [-0.4, -0.2) is 17.4 Å². The Morgan fingerprint density at radius 2 is 2.00 bits per heavy atom. The molecule has 0 saturated heterocycles. The highest BCUT2D eigenvalue weighted by molar-refractivity contribution is 6.30. The molecule has 0 atom stereocenters. The van der Waals surface area contributed by atoms with E-state index in [9.17, 15) is 4.79 Å². The summed E-state index contributed by atoms with van der Waals surface area (Å²) >= 11 is 5.87. The lowest BCUT2D eigenvalue weighted by Gasteiger charge is -2.16. The molecule has 0 spiro atoms. The van der Waals surface area contributed by atoms with Crippen molar-refractivity contribution in [3.63, 3.8) is 0 Å². The third-order valence-corrected chi connectivity index (χ3v) is 4.02. The second-order valence-electron chi connectivity index (χ2n) is 5.19. The van der Waals surface area contributed by atoms with Gasteiger partial charge in [-0.05, 0) is 30.5 Å². The number of nitrogens with zero attached hydrogens (tertiary/aromatic N) is 1. The summed E-state index contributed by atoms with van der Waals surface area (Å²) in [4.78, 5) is 16.1. The van der Waals surface area contributed by atoms with E-state index in [-0.39, 0.29) is 11.3 Å². The fourth-order valence-electron chi connectivity index (χ4n) is 2.38. The standard InChI is InChI=1S/C16H15ClN2O/c17-13-6-9-18-14(10-13)15(20)19-11-16(7-8-16)12-4-2-1-3-5-12/h1-6,9-10H,7-8,11H2,(H,19,20). The fourth-order valence-corrected chi connectivity index (χ4v) is 2.54. The molecular formula is C16H15ClN2O. The van der Waals surface area contributed by atoms with Crippen molar-refractivity contribution in [2.24, 2.45) is 0 Å². The van der Waals surface area contributed by atoms with Crippen molar-refractivity contribution >= 4 is 17.5 Å². The number of carbonyl (C=O) groups excluding carboxylic acids is 1. The number of halogens is 1. The number of hydrogen-bond acceptors (Lipinski definition) is 2. The molecule has 1 N–H and O–H groups in total. The van der Waals surface area contributed by atoms with E-state index in [1.165, 1.54) is 5.56 Å². The van der Waals surface area contributed by atoms with Gasteiger partial charge in [-0.1, -0.05) is 41.9 Å². The molecule has 1 aromatic heterocycles. The average Bonchev–Trinajstić information content (AvgIpc) is 3.27. The molecule has 3 nitrogen and oxygen atoms in total. The van der Waals surface area contributed by atoms with Gasteiger partial charge in [0.05, 0.1) is 0 Å². The van der Waals surface area contributed by atoms with Gasteiger partial charge in [-0.25, -0.2) is 0 Å². The van der Waals surface area contributed by atoms with Gasteiger partial charge in [-0.15, -0.1) is 0 Å². The van der Waals surface area contributed by atoms with Crippen molar-refractivity contribution in [2.75, 3.05) is 6.54 Å². The Balaban J connectivity index is 1.67. The Hall–Kier alpha value is -1.87. The molecule has 0 unspecified atom stereocenters. The van der Waals surface area contributed by atoms with Crippen molar-refractivity contribution < 1.29 is 4.79 Å². The number of benzene rings is 1. The number of pyridine rings is 1. The summed E-state index contributed by atoms with van der Waals surface area (Å²) in [6.45, 7) is 0.643. The van der Waals surface area contributed by atoms with Crippen LogP contribution in [0.15, 0.2) is 48.7 Å². The highest BCUT2D eigenvalue weighted by Crippen LogP contribution is 2.47. The second kappa shape index (κ2) is 5.25. The minimum absolute atomic E-state index is 0.107. The first-order valence-electron chi connectivity index (χ1n) is 6.65. The van der Waals surface area contributed by atoms with E-state index >= 15 is 0 Å². The van der Waals surface area contributed by atoms with Gasteiger partial charge in [0.25, 0.3) is 5.91 Å². The van der Waals surface area contributed by atoms with E-state index in [0.717, 1.165) is 12.8 Å². The number of aromatic nitrogens is 1. The van der Waals surface area contributed by atoms with Gasteiger partial charge in [0.15, 0.2) is 0 Å². The van der Waals surface area contributed by atoms with Crippen LogP contribution in [0, 0.1) is 0 Å². The molecule has 1 amide bonds. The van der Waals surface area contributed by atoms with Crippen LogP contribution in [0.25, 0.3) is 0 Å². The Labute approximate surface area is 123 Å². The van der Waals surface area contributed by atoms with Crippen molar-refractivity contribution in [1.82, 2.24) is 10.3 Å². The highest BCUT2D eigenvalue weighted by atomic mass is 35.5. The van der Waals surface area contributed by atoms with Gasteiger partial charge in [-0.3, -0.25) is 9.78 Å². The van der Waals surface area contributed by atoms with Gasteiger partial charge in [0, 0.05) is 23.2 Å². The first kappa shape index (κ1) is 13.1. The van der Waals surface area contributed by atoms with Crippen LogP contribution >= 0.6 is 11.6 Å². The third-order valence-electron chi connectivity index (χ3n) is 3.78. The molecule has 1 fully saturated rings. The van der Waals surface area contributed by atoms with Crippen molar-refractivity contribution in [3.05, 3.63) is 64.9 Å². The molecule has 1 aliphatic rings. The number of nitrogens with one attached hydrogen (secondary N) is 1. The summed E-state index contributed by atoms with van der Waals surface area (Å²) in [6.07, 6.45) is 3.77. The third kappa shape index (κ3) is 2.68. The molecule has 3 rings (SSSR count). The molecule has 0 radical (unpaired) electrons. The maximum Gasteiger partial charge on any atom is 0.269 e. The molecular weight excluding hydrogens is 272 g/mol. The lowest BCUT2D eigenvalue weighted by Crippen LogP contribution is -2.32. The highest BCUT2D eigenvalue weighted by Gasteiger charge is 2.44. The lowest BCUT2D eigenvalue weighted by atomic mass is 9.96. The molecule has 4 heteroatoms. The molecule has 1 saturated carbocycles. The Bertz CT molecular complexity index is 623. The molecule has 0 bridgehead atoms. The van der Waals surface area contributed by atoms with Crippen molar-refractivity contribution in [1.29, 1.82) is 0 Å². The van der Waals surface area contributed by atoms with Gasteiger partial charge >= 0.3 is 0 Å². The largest absolute Gasteiger partial charge is 0.350 e. The molecule has 1 heterocycles. The molecule has 1 aromatic carbocycles. The van der Waals surface area contributed by atoms with Gasteiger partial charge < -0.3 is 5.32 Å². The Kier molecular flexibility index (Phi) is 3.45. The Morgan fingerprint density at radius 1 is 1.25 bits per heavy atom. The maximum absolute atomic E-state index is 12.1.